The van der Waals surface area contributed by atoms with Crippen molar-refractivity contribution in [2.45, 2.75) is 44.7 Å². The van der Waals surface area contributed by atoms with Crippen LogP contribution in [-0.4, -0.2) is 41.1 Å². The second-order valence-electron chi connectivity index (χ2n) is 9.59. The van der Waals surface area contributed by atoms with Crippen LogP contribution in [0.4, 0.5) is 5.69 Å². The third-order valence-corrected chi connectivity index (χ3v) is 7.43. The Morgan fingerprint density at radius 3 is 2.53 bits per heavy atom. The zero-order valence-electron chi connectivity index (χ0n) is 19.3. The molecule has 2 saturated heterocycles. The van der Waals surface area contributed by atoms with Crippen molar-refractivity contribution < 1.29 is 19.2 Å². The van der Waals surface area contributed by atoms with Crippen molar-refractivity contribution in [3.05, 3.63) is 64.7 Å². The maximum atomic E-state index is 13.8. The van der Waals surface area contributed by atoms with Crippen LogP contribution in [0.15, 0.2) is 42.5 Å². The van der Waals surface area contributed by atoms with Gasteiger partial charge in [0.25, 0.3) is 0 Å². The average molecular weight is 461 g/mol. The number of imide groups is 1. The van der Waals surface area contributed by atoms with E-state index >= 15 is 0 Å². The zero-order chi connectivity index (χ0) is 24.2. The minimum absolute atomic E-state index is 0.0593. The Morgan fingerprint density at radius 2 is 1.82 bits per heavy atom. The predicted molar refractivity (Wildman–Crippen MR) is 125 cm³/mol. The standard InChI is InChI=1S/C26H28N4O4/c1-14-12-15(2)22-17(13-14)26(25(34)28-22)21-20(18(29-26)8-9-19(27)31)23(32)30(24(21)33)11-10-16-6-4-3-5-7-16/h3-7,12-13,18,20-21,29H,8-11H2,1-2H3,(H2,27,31)(H,28,34)/t18?,20-,21+,26?/m1/s1. The highest BCUT2D eigenvalue weighted by Gasteiger charge is 2.70. The number of carbonyl (C=O) groups is 4. The van der Waals surface area contributed by atoms with E-state index < -0.39 is 29.3 Å². The molecule has 3 heterocycles. The molecule has 3 aliphatic rings. The van der Waals surface area contributed by atoms with Crippen molar-refractivity contribution in [2.75, 3.05) is 11.9 Å². The molecule has 8 heteroatoms. The molecule has 0 aromatic heterocycles. The van der Waals surface area contributed by atoms with Crippen LogP contribution in [0.2, 0.25) is 0 Å². The monoisotopic (exact) mass is 460 g/mol. The number of amides is 4. The number of likely N-dealkylation sites (tertiary alicyclic amines) is 1. The van der Waals surface area contributed by atoms with Crippen LogP contribution in [0.25, 0.3) is 0 Å². The van der Waals surface area contributed by atoms with Gasteiger partial charge in [0.2, 0.25) is 23.6 Å². The number of aryl methyl sites for hydroxylation is 2. The van der Waals surface area contributed by atoms with E-state index in [1.807, 2.05) is 56.3 Å². The SMILES string of the molecule is Cc1cc(C)c2c(c1)C1(NC(CCC(N)=O)[C@H]3C(=O)N(CCc4ccccc4)C(=O)[C@H]31)C(=O)N2. The molecular weight excluding hydrogens is 432 g/mol. The van der Waals surface area contributed by atoms with Gasteiger partial charge in [-0.05, 0) is 37.8 Å². The van der Waals surface area contributed by atoms with Crippen LogP contribution in [0.5, 0.6) is 0 Å². The molecule has 0 radical (unpaired) electrons. The highest BCUT2D eigenvalue weighted by Crippen LogP contribution is 2.54. The molecule has 2 unspecified atom stereocenters. The summed E-state index contributed by atoms with van der Waals surface area (Å²) >= 11 is 0. The highest BCUT2D eigenvalue weighted by atomic mass is 16.2. The fourth-order valence-electron chi connectivity index (χ4n) is 5.97. The van der Waals surface area contributed by atoms with E-state index in [1.165, 1.54) is 4.90 Å². The van der Waals surface area contributed by atoms with Gasteiger partial charge in [0.1, 0.15) is 5.54 Å². The van der Waals surface area contributed by atoms with Crippen molar-refractivity contribution in [2.24, 2.45) is 17.6 Å². The number of nitrogens with two attached hydrogens (primary N) is 1. The number of carbonyl (C=O) groups excluding carboxylic acids is 4. The van der Waals surface area contributed by atoms with Gasteiger partial charge in [0, 0.05) is 30.3 Å². The maximum absolute atomic E-state index is 13.8. The first-order chi connectivity index (χ1) is 16.2. The van der Waals surface area contributed by atoms with E-state index in [2.05, 4.69) is 10.6 Å². The van der Waals surface area contributed by atoms with Crippen LogP contribution in [0.3, 0.4) is 0 Å². The van der Waals surface area contributed by atoms with Gasteiger partial charge < -0.3 is 11.1 Å². The lowest BCUT2D eigenvalue weighted by Gasteiger charge is -2.30. The van der Waals surface area contributed by atoms with Crippen molar-refractivity contribution in [3.8, 4) is 0 Å². The van der Waals surface area contributed by atoms with Crippen LogP contribution in [0, 0.1) is 25.7 Å². The second kappa shape index (κ2) is 8.06. The van der Waals surface area contributed by atoms with Gasteiger partial charge in [-0.1, -0.05) is 48.0 Å². The lowest BCUT2D eigenvalue weighted by atomic mass is 9.75. The first-order valence-corrected chi connectivity index (χ1v) is 11.6. The van der Waals surface area contributed by atoms with Gasteiger partial charge in [-0.2, -0.15) is 0 Å². The van der Waals surface area contributed by atoms with Crippen molar-refractivity contribution in [1.29, 1.82) is 0 Å². The van der Waals surface area contributed by atoms with Gasteiger partial charge in [0.05, 0.1) is 11.8 Å². The Balaban J connectivity index is 1.55. The molecule has 8 nitrogen and oxygen atoms in total. The lowest BCUT2D eigenvalue weighted by molar-refractivity contribution is -0.142. The molecule has 1 spiro atoms. The third kappa shape index (κ3) is 3.24. The summed E-state index contributed by atoms with van der Waals surface area (Å²) in [5.41, 5.74) is 8.29. The van der Waals surface area contributed by atoms with E-state index in [0.29, 0.717) is 17.7 Å². The van der Waals surface area contributed by atoms with Gasteiger partial charge in [-0.3, -0.25) is 29.4 Å². The normalized spacial score (nSPS) is 27.3. The number of hydrogen-bond donors (Lipinski definition) is 3. The number of anilines is 1. The second-order valence-corrected chi connectivity index (χ2v) is 9.59. The molecule has 0 aliphatic carbocycles. The summed E-state index contributed by atoms with van der Waals surface area (Å²) < 4.78 is 0. The van der Waals surface area contributed by atoms with Crippen LogP contribution < -0.4 is 16.4 Å². The number of hydrogen-bond acceptors (Lipinski definition) is 5. The summed E-state index contributed by atoms with van der Waals surface area (Å²) in [6.45, 7) is 4.10. The average Bonchev–Trinajstić information content (AvgIpc) is 3.37. The molecule has 4 atom stereocenters. The summed E-state index contributed by atoms with van der Waals surface area (Å²) in [5.74, 6) is -3.08. The molecular formula is C26H28N4O4. The number of nitrogens with zero attached hydrogens (tertiary/aromatic N) is 1. The highest BCUT2D eigenvalue weighted by molar-refractivity contribution is 6.15. The number of primary amides is 1. The van der Waals surface area contributed by atoms with Crippen molar-refractivity contribution >= 4 is 29.3 Å². The summed E-state index contributed by atoms with van der Waals surface area (Å²) in [6, 6.07) is 13.0. The molecule has 4 N–H and O–H groups in total. The summed E-state index contributed by atoms with van der Waals surface area (Å²) in [7, 11) is 0. The van der Waals surface area contributed by atoms with Gasteiger partial charge in [-0.25, -0.2) is 0 Å². The minimum atomic E-state index is -1.35. The molecule has 2 fully saturated rings. The van der Waals surface area contributed by atoms with Crippen LogP contribution in [0.1, 0.15) is 35.1 Å². The summed E-state index contributed by atoms with van der Waals surface area (Å²) in [5, 5.41) is 6.31. The quantitative estimate of drug-likeness (QED) is 0.565. The molecule has 2 aromatic carbocycles. The maximum Gasteiger partial charge on any atom is 0.250 e. The summed E-state index contributed by atoms with van der Waals surface area (Å²) in [6.07, 6.45) is 0.867. The zero-order valence-corrected chi connectivity index (χ0v) is 19.3. The smallest absolute Gasteiger partial charge is 0.250 e. The molecule has 3 aliphatic heterocycles. The Bertz CT molecular complexity index is 1210. The number of benzene rings is 2. The third-order valence-electron chi connectivity index (χ3n) is 7.43. The largest absolute Gasteiger partial charge is 0.370 e. The van der Waals surface area contributed by atoms with Crippen molar-refractivity contribution in [1.82, 2.24) is 10.2 Å². The molecule has 2 aromatic rings. The van der Waals surface area contributed by atoms with Crippen LogP contribution >= 0.6 is 0 Å². The number of nitrogens with one attached hydrogen (secondary N) is 2. The Labute approximate surface area is 197 Å². The molecule has 0 saturated carbocycles. The van der Waals surface area contributed by atoms with Crippen molar-refractivity contribution in [3.63, 3.8) is 0 Å². The molecule has 0 bridgehead atoms. The van der Waals surface area contributed by atoms with Gasteiger partial charge in [0.15, 0.2) is 0 Å². The van der Waals surface area contributed by atoms with E-state index in [4.69, 9.17) is 5.73 Å². The van der Waals surface area contributed by atoms with E-state index in [-0.39, 0.29) is 37.1 Å². The topological polar surface area (TPSA) is 122 Å². The Morgan fingerprint density at radius 1 is 1.09 bits per heavy atom. The van der Waals surface area contributed by atoms with E-state index in [0.717, 1.165) is 16.7 Å². The van der Waals surface area contributed by atoms with E-state index in [9.17, 15) is 19.2 Å². The summed E-state index contributed by atoms with van der Waals surface area (Å²) in [4.78, 5) is 53.7. The predicted octanol–water partition coefficient (Wildman–Crippen LogP) is 1.53. The minimum Gasteiger partial charge on any atom is -0.370 e. The first-order valence-electron chi connectivity index (χ1n) is 11.6. The molecule has 5 rings (SSSR count). The first kappa shape index (κ1) is 22.3. The van der Waals surface area contributed by atoms with Gasteiger partial charge in [-0.15, -0.1) is 0 Å². The van der Waals surface area contributed by atoms with Gasteiger partial charge >= 0.3 is 0 Å². The molecule has 4 amide bonds. The Hall–Kier alpha value is -3.52. The Kier molecular flexibility index (Phi) is 5.28. The lowest BCUT2D eigenvalue weighted by Crippen LogP contribution is -2.53. The molecule has 34 heavy (non-hydrogen) atoms. The fraction of sp³-hybridized carbons (Fsp3) is 0.385. The van der Waals surface area contributed by atoms with Crippen LogP contribution in [-0.2, 0) is 31.1 Å². The fourth-order valence-corrected chi connectivity index (χ4v) is 5.97. The molecule has 176 valence electrons. The number of rotatable bonds is 6. The number of fused-ring (bicyclic) bond motifs is 4. The van der Waals surface area contributed by atoms with E-state index in [1.54, 1.807) is 0 Å².